The van der Waals surface area contributed by atoms with E-state index in [1.165, 1.54) is 11.1 Å². The predicted octanol–water partition coefficient (Wildman–Crippen LogP) is 3.51. The highest BCUT2D eigenvalue weighted by atomic mass is 32.2. The number of fused-ring (bicyclic) bond motifs is 1. The first-order valence-electron chi connectivity index (χ1n) is 12.1. The lowest BCUT2D eigenvalue weighted by molar-refractivity contribution is -0.138. The normalized spacial score (nSPS) is 18.6. The molecule has 0 spiro atoms. The van der Waals surface area contributed by atoms with Gasteiger partial charge in [0.1, 0.15) is 0 Å². The lowest BCUT2D eigenvalue weighted by Gasteiger charge is -2.38. The van der Waals surface area contributed by atoms with Gasteiger partial charge in [-0.15, -0.1) is 0 Å². The third-order valence-corrected chi connectivity index (χ3v) is 7.86. The van der Waals surface area contributed by atoms with E-state index in [1.54, 1.807) is 24.2 Å². The lowest BCUT2D eigenvalue weighted by Crippen LogP contribution is -2.45. The van der Waals surface area contributed by atoms with E-state index >= 15 is 0 Å². The molecule has 8 nitrogen and oxygen atoms in total. The molecule has 5 rings (SSSR count). The van der Waals surface area contributed by atoms with Crippen molar-refractivity contribution in [1.29, 1.82) is 0 Å². The summed E-state index contributed by atoms with van der Waals surface area (Å²) in [5, 5.41) is 1.07. The molecular formula is C25H33N7OS. The fraction of sp³-hybridized carbons (Fsp3) is 0.520. The van der Waals surface area contributed by atoms with Crippen LogP contribution >= 0.6 is 11.8 Å². The van der Waals surface area contributed by atoms with E-state index in [-0.39, 0.29) is 5.92 Å². The molecule has 0 unspecified atom stereocenters. The van der Waals surface area contributed by atoms with Crippen molar-refractivity contribution in [1.82, 2.24) is 29.3 Å². The molecule has 2 aliphatic heterocycles. The predicted molar refractivity (Wildman–Crippen MR) is 136 cm³/mol. The van der Waals surface area contributed by atoms with Gasteiger partial charge in [0.2, 0.25) is 11.9 Å². The van der Waals surface area contributed by atoms with Crippen LogP contribution in [-0.2, 0) is 11.3 Å². The minimum atomic E-state index is 0.134. The molecule has 34 heavy (non-hydrogen) atoms. The first-order valence-corrected chi connectivity index (χ1v) is 13.3. The molecule has 180 valence electrons. The van der Waals surface area contributed by atoms with Crippen LogP contribution in [0.15, 0.2) is 35.7 Å². The highest BCUT2D eigenvalue weighted by molar-refractivity contribution is 7.98. The number of imidazole rings is 1. The van der Waals surface area contributed by atoms with Crippen LogP contribution in [0.4, 0.5) is 5.95 Å². The summed E-state index contributed by atoms with van der Waals surface area (Å²) in [4.78, 5) is 30.8. The maximum Gasteiger partial charge on any atom is 0.225 e. The first kappa shape index (κ1) is 23.1. The Kier molecular flexibility index (Phi) is 6.74. The summed E-state index contributed by atoms with van der Waals surface area (Å²) in [6.45, 7) is 6.42. The first-order chi connectivity index (χ1) is 16.5. The number of carbonyl (C=O) groups excluding carboxylic acids is 1. The van der Waals surface area contributed by atoms with Gasteiger partial charge in [0.05, 0.1) is 11.0 Å². The molecular weight excluding hydrogens is 446 g/mol. The zero-order chi connectivity index (χ0) is 23.7. The van der Waals surface area contributed by atoms with Gasteiger partial charge in [-0.25, -0.2) is 15.0 Å². The van der Waals surface area contributed by atoms with Crippen molar-refractivity contribution < 1.29 is 4.79 Å². The number of nitrogens with two attached hydrogens (primary N) is 1. The Morgan fingerprint density at radius 2 is 1.79 bits per heavy atom. The molecule has 0 bridgehead atoms. The van der Waals surface area contributed by atoms with Gasteiger partial charge >= 0.3 is 0 Å². The van der Waals surface area contributed by atoms with Gasteiger partial charge in [-0.1, -0.05) is 17.8 Å². The molecule has 4 heterocycles. The van der Waals surface area contributed by atoms with Gasteiger partial charge in [0, 0.05) is 49.6 Å². The second-order valence-corrected chi connectivity index (χ2v) is 10.3. The van der Waals surface area contributed by atoms with E-state index < -0.39 is 0 Å². The van der Waals surface area contributed by atoms with Crippen LogP contribution < -0.4 is 5.73 Å². The maximum absolute atomic E-state index is 13.3. The Morgan fingerprint density at radius 3 is 2.47 bits per heavy atom. The van der Waals surface area contributed by atoms with Crippen LogP contribution in [0.25, 0.3) is 11.0 Å². The number of anilines is 1. The molecule has 2 aliphatic rings. The molecule has 2 aromatic heterocycles. The van der Waals surface area contributed by atoms with Crippen LogP contribution in [0.2, 0.25) is 0 Å². The van der Waals surface area contributed by atoms with Crippen LogP contribution in [0.3, 0.4) is 0 Å². The Labute approximate surface area is 204 Å². The molecule has 3 aromatic rings. The van der Waals surface area contributed by atoms with Crippen molar-refractivity contribution in [2.24, 2.45) is 5.92 Å². The monoisotopic (exact) mass is 479 g/mol. The number of amides is 1. The molecule has 2 N–H and O–H groups in total. The largest absolute Gasteiger partial charge is 0.368 e. The molecule has 2 fully saturated rings. The molecule has 0 aliphatic carbocycles. The van der Waals surface area contributed by atoms with Gasteiger partial charge in [0.25, 0.3) is 0 Å². The van der Waals surface area contributed by atoms with Crippen LogP contribution in [0, 0.1) is 12.8 Å². The number of nitrogen functional groups attached to an aromatic ring is 1. The smallest absolute Gasteiger partial charge is 0.225 e. The molecule has 0 radical (unpaired) electrons. The number of likely N-dealkylation sites (tertiary alicyclic amines) is 2. The summed E-state index contributed by atoms with van der Waals surface area (Å²) in [6.07, 6.45) is 9.46. The van der Waals surface area contributed by atoms with Crippen molar-refractivity contribution in [2.75, 3.05) is 38.2 Å². The third-order valence-electron chi connectivity index (χ3n) is 7.20. The topological polar surface area (TPSA) is 93.2 Å². The number of benzene rings is 1. The quantitative estimate of drug-likeness (QED) is 0.560. The number of thioether (sulfide) groups is 1. The fourth-order valence-corrected chi connectivity index (χ4v) is 5.96. The minimum absolute atomic E-state index is 0.134. The van der Waals surface area contributed by atoms with E-state index in [9.17, 15) is 4.79 Å². The number of hydrogen-bond donors (Lipinski definition) is 1. The Bertz CT molecular complexity index is 1150. The number of nitrogens with zero attached hydrogens (tertiary/aromatic N) is 6. The Morgan fingerprint density at radius 1 is 1.09 bits per heavy atom. The molecule has 0 atom stereocenters. The highest BCUT2D eigenvalue weighted by Crippen LogP contribution is 2.33. The number of carbonyl (C=O) groups is 1. The molecule has 1 aromatic carbocycles. The second kappa shape index (κ2) is 9.92. The molecule has 2 saturated heterocycles. The van der Waals surface area contributed by atoms with Crippen LogP contribution in [0.5, 0.6) is 0 Å². The van der Waals surface area contributed by atoms with E-state index in [0.717, 1.165) is 74.6 Å². The Balaban J connectivity index is 1.16. The van der Waals surface area contributed by atoms with Crippen LogP contribution in [-0.4, -0.2) is 67.7 Å². The summed E-state index contributed by atoms with van der Waals surface area (Å²) >= 11 is 1.70. The maximum atomic E-state index is 13.3. The number of hydrogen-bond acceptors (Lipinski definition) is 7. The van der Waals surface area contributed by atoms with E-state index in [0.29, 0.717) is 17.9 Å². The van der Waals surface area contributed by atoms with Crippen LogP contribution in [0.1, 0.15) is 42.9 Å². The zero-order valence-corrected chi connectivity index (χ0v) is 20.8. The van der Waals surface area contributed by atoms with Gasteiger partial charge < -0.3 is 15.2 Å². The summed E-state index contributed by atoms with van der Waals surface area (Å²) < 4.78 is 2.40. The van der Waals surface area contributed by atoms with E-state index in [2.05, 4.69) is 55.7 Å². The SMILES string of the molecule is CSc1nc2cc(C)ccc2n1C1CCN(C(=O)C2CCN(Cc3cnc(N)nc3)CC2)CC1. The third kappa shape index (κ3) is 4.77. The summed E-state index contributed by atoms with van der Waals surface area (Å²) in [5.41, 5.74) is 10.2. The average molecular weight is 480 g/mol. The fourth-order valence-electron chi connectivity index (χ4n) is 5.33. The van der Waals surface area contributed by atoms with Gasteiger partial charge in [-0.05, 0) is 69.6 Å². The van der Waals surface area contributed by atoms with Gasteiger partial charge in [-0.2, -0.15) is 0 Å². The number of piperidine rings is 2. The zero-order valence-electron chi connectivity index (χ0n) is 20.0. The van der Waals surface area contributed by atoms with E-state index in [4.69, 9.17) is 10.7 Å². The van der Waals surface area contributed by atoms with Crippen molar-refractivity contribution in [2.45, 2.75) is 50.4 Å². The lowest BCUT2D eigenvalue weighted by atomic mass is 9.93. The van der Waals surface area contributed by atoms with Gasteiger partial charge in [0.15, 0.2) is 5.16 Å². The van der Waals surface area contributed by atoms with Gasteiger partial charge in [-0.3, -0.25) is 9.69 Å². The molecule has 1 amide bonds. The minimum Gasteiger partial charge on any atom is -0.368 e. The van der Waals surface area contributed by atoms with Crippen molar-refractivity contribution >= 4 is 34.7 Å². The summed E-state index contributed by atoms with van der Waals surface area (Å²) in [5.74, 6) is 0.775. The van der Waals surface area contributed by atoms with E-state index in [1.807, 2.05) is 0 Å². The summed E-state index contributed by atoms with van der Waals surface area (Å²) in [6, 6.07) is 6.91. The Hall–Kier alpha value is -2.65. The number of aryl methyl sites for hydroxylation is 1. The molecule has 0 saturated carbocycles. The summed E-state index contributed by atoms with van der Waals surface area (Å²) in [7, 11) is 0. The van der Waals surface area contributed by atoms with Crippen molar-refractivity contribution in [3.05, 3.63) is 41.7 Å². The van der Waals surface area contributed by atoms with Crippen molar-refractivity contribution in [3.63, 3.8) is 0 Å². The van der Waals surface area contributed by atoms with Crippen molar-refractivity contribution in [3.8, 4) is 0 Å². The number of rotatable bonds is 5. The molecule has 9 heteroatoms. The average Bonchev–Trinajstić information content (AvgIpc) is 3.23. The standard InChI is InChI=1S/C25H33N7OS/c1-17-3-4-22-21(13-17)29-25(34-2)32(22)20-7-11-31(12-8-20)23(33)19-5-9-30(10-6-19)16-18-14-27-24(26)28-15-18/h3-4,13-15,19-20H,5-12,16H2,1-2H3,(H2,26,27,28). The number of aromatic nitrogens is 4. The highest BCUT2D eigenvalue weighted by Gasteiger charge is 2.32. The second-order valence-electron chi connectivity index (χ2n) is 9.52.